The normalized spacial score (nSPS) is 16.5. The summed E-state index contributed by atoms with van der Waals surface area (Å²) < 4.78 is 29.9. The Labute approximate surface area is 213 Å². The predicted octanol–water partition coefficient (Wildman–Crippen LogP) is 4.96. The molecule has 37 heavy (non-hydrogen) atoms. The minimum atomic E-state index is -0.684. The van der Waals surface area contributed by atoms with Crippen LogP contribution in [-0.2, 0) is 0 Å². The summed E-state index contributed by atoms with van der Waals surface area (Å²) in [5.41, 5.74) is 9.09. The molecule has 0 radical (unpaired) electrons. The van der Waals surface area contributed by atoms with E-state index in [0.717, 1.165) is 37.8 Å². The first-order valence-electron chi connectivity index (χ1n) is 12.7. The number of nitrogen functional groups attached to an aromatic ring is 1. The number of pyridine rings is 2. The lowest BCUT2D eigenvalue weighted by atomic mass is 9.98. The summed E-state index contributed by atoms with van der Waals surface area (Å²) in [6, 6.07) is 14.0. The maximum Gasteiger partial charge on any atom is 0.258 e. The van der Waals surface area contributed by atoms with Crippen molar-refractivity contribution >= 4 is 22.3 Å². The van der Waals surface area contributed by atoms with E-state index in [1.165, 1.54) is 25.5 Å². The van der Waals surface area contributed by atoms with Gasteiger partial charge in [-0.25, -0.2) is 9.37 Å². The van der Waals surface area contributed by atoms with Gasteiger partial charge in [0.1, 0.15) is 11.6 Å². The first-order valence-corrected chi connectivity index (χ1v) is 12.7. The molecule has 190 valence electrons. The molecule has 4 aromatic rings. The van der Waals surface area contributed by atoms with E-state index in [1.54, 1.807) is 25.1 Å². The highest BCUT2D eigenvalue weighted by Gasteiger charge is 2.26. The fourth-order valence-electron chi connectivity index (χ4n) is 5.29. The number of halogens is 2. The van der Waals surface area contributed by atoms with Gasteiger partial charge in [0, 0.05) is 55.2 Å². The lowest BCUT2D eigenvalue weighted by molar-refractivity contribution is 0.248. The molecule has 6 nitrogen and oxygen atoms in total. The van der Waals surface area contributed by atoms with E-state index in [-0.39, 0.29) is 16.8 Å². The van der Waals surface area contributed by atoms with Crippen LogP contribution < -0.4 is 16.2 Å². The molecule has 0 spiro atoms. The number of rotatable bonds is 5. The molecule has 3 heterocycles. The number of piperazine rings is 1. The molecular formula is C29H29F2N5O. The molecule has 1 saturated carbocycles. The number of benzene rings is 2. The third-order valence-corrected chi connectivity index (χ3v) is 7.48. The fraction of sp³-hybridized carbons (Fsp3) is 0.310. The van der Waals surface area contributed by atoms with E-state index in [0.29, 0.717) is 27.8 Å². The first kappa shape index (κ1) is 23.6. The molecule has 1 saturated heterocycles. The molecule has 2 fully saturated rings. The molecule has 2 aromatic heterocycles. The summed E-state index contributed by atoms with van der Waals surface area (Å²) in [6.45, 7) is 7.02. The standard InChI is InChI=1S/C29H29F2N5O/c1-17-12-21-13-20(14-25(30)26(21)29(37)33-17)24-15-23(27(31)34-28(24)32)19-4-6-22(7-5-19)36-10-8-35(9-11-36)16-18-2-3-18/h4-7,12-15,18H,2-3,8-11,16H2,1H3,(H2,32,34)(H,33,37). The van der Waals surface area contributed by atoms with Gasteiger partial charge in [-0.15, -0.1) is 0 Å². The van der Waals surface area contributed by atoms with Crippen molar-refractivity contribution < 1.29 is 8.78 Å². The highest BCUT2D eigenvalue weighted by Crippen LogP contribution is 2.35. The van der Waals surface area contributed by atoms with Crippen LogP contribution in [0.4, 0.5) is 20.3 Å². The van der Waals surface area contributed by atoms with Gasteiger partial charge >= 0.3 is 0 Å². The average Bonchev–Trinajstić information content (AvgIpc) is 3.68. The van der Waals surface area contributed by atoms with Crippen molar-refractivity contribution in [1.82, 2.24) is 14.9 Å². The summed E-state index contributed by atoms with van der Waals surface area (Å²) in [6.07, 6.45) is 2.74. The Balaban J connectivity index is 1.29. The van der Waals surface area contributed by atoms with Crippen molar-refractivity contribution in [3.8, 4) is 22.3 Å². The third kappa shape index (κ3) is 4.69. The number of aromatic amines is 1. The Kier molecular flexibility index (Phi) is 5.91. The molecule has 2 aliphatic rings. The summed E-state index contributed by atoms with van der Waals surface area (Å²) in [5, 5.41) is 0.426. The number of aromatic nitrogens is 2. The molecule has 0 amide bonds. The van der Waals surface area contributed by atoms with Crippen LogP contribution >= 0.6 is 0 Å². The van der Waals surface area contributed by atoms with Gasteiger partial charge in [0.2, 0.25) is 5.95 Å². The molecule has 3 N–H and O–H groups in total. The van der Waals surface area contributed by atoms with Crippen LogP contribution in [0.3, 0.4) is 0 Å². The van der Waals surface area contributed by atoms with Gasteiger partial charge in [-0.1, -0.05) is 12.1 Å². The topological polar surface area (TPSA) is 78.2 Å². The number of hydrogen-bond donors (Lipinski definition) is 2. The monoisotopic (exact) mass is 501 g/mol. The number of hydrogen-bond acceptors (Lipinski definition) is 5. The maximum absolute atomic E-state index is 15.0. The van der Waals surface area contributed by atoms with E-state index in [1.807, 2.05) is 24.3 Å². The van der Waals surface area contributed by atoms with Gasteiger partial charge in [-0.3, -0.25) is 9.69 Å². The molecule has 8 heteroatoms. The van der Waals surface area contributed by atoms with E-state index < -0.39 is 17.3 Å². The van der Waals surface area contributed by atoms with Crippen LogP contribution in [0.2, 0.25) is 0 Å². The zero-order valence-electron chi connectivity index (χ0n) is 20.7. The van der Waals surface area contributed by atoms with Crippen LogP contribution in [0.1, 0.15) is 18.5 Å². The maximum atomic E-state index is 15.0. The van der Waals surface area contributed by atoms with Gasteiger partial charge < -0.3 is 15.6 Å². The van der Waals surface area contributed by atoms with E-state index in [9.17, 15) is 13.6 Å². The highest BCUT2D eigenvalue weighted by molar-refractivity contribution is 5.90. The van der Waals surface area contributed by atoms with Crippen molar-refractivity contribution in [2.45, 2.75) is 19.8 Å². The zero-order valence-corrected chi connectivity index (χ0v) is 20.7. The van der Waals surface area contributed by atoms with Gasteiger partial charge in [-0.05, 0) is 78.6 Å². The minimum absolute atomic E-state index is 0.0211. The second-order valence-corrected chi connectivity index (χ2v) is 10.2. The van der Waals surface area contributed by atoms with Crippen molar-refractivity contribution in [3.05, 3.63) is 76.3 Å². The van der Waals surface area contributed by atoms with Crippen molar-refractivity contribution in [1.29, 1.82) is 0 Å². The second-order valence-electron chi connectivity index (χ2n) is 10.2. The Morgan fingerprint density at radius 1 is 0.973 bits per heavy atom. The van der Waals surface area contributed by atoms with Crippen molar-refractivity contribution in [2.75, 3.05) is 43.4 Å². The quantitative estimate of drug-likeness (QED) is 0.378. The van der Waals surface area contributed by atoms with Crippen LogP contribution in [0.15, 0.2) is 53.3 Å². The van der Waals surface area contributed by atoms with Crippen molar-refractivity contribution in [3.63, 3.8) is 0 Å². The number of aryl methyl sites for hydroxylation is 1. The lowest BCUT2D eigenvalue weighted by Crippen LogP contribution is -2.47. The molecular weight excluding hydrogens is 472 g/mol. The molecule has 1 aliphatic carbocycles. The van der Waals surface area contributed by atoms with Gasteiger partial charge in [0.05, 0.1) is 5.39 Å². The molecule has 2 aromatic carbocycles. The van der Waals surface area contributed by atoms with Gasteiger partial charge in [-0.2, -0.15) is 4.39 Å². The van der Waals surface area contributed by atoms with Crippen LogP contribution in [0, 0.1) is 24.6 Å². The second kappa shape index (κ2) is 9.27. The van der Waals surface area contributed by atoms with E-state index >= 15 is 0 Å². The average molecular weight is 502 g/mol. The Hall–Kier alpha value is -3.78. The lowest BCUT2D eigenvalue weighted by Gasteiger charge is -2.36. The van der Waals surface area contributed by atoms with E-state index in [4.69, 9.17) is 5.73 Å². The zero-order chi connectivity index (χ0) is 25.7. The summed E-state index contributed by atoms with van der Waals surface area (Å²) in [5.74, 6) is -0.490. The molecule has 6 rings (SSSR count). The fourth-order valence-corrected chi connectivity index (χ4v) is 5.29. The third-order valence-electron chi connectivity index (χ3n) is 7.48. The Bertz CT molecular complexity index is 1540. The van der Waals surface area contributed by atoms with Crippen LogP contribution in [0.5, 0.6) is 0 Å². The smallest absolute Gasteiger partial charge is 0.258 e. The summed E-state index contributed by atoms with van der Waals surface area (Å²) >= 11 is 0. The van der Waals surface area contributed by atoms with E-state index in [2.05, 4.69) is 19.8 Å². The molecule has 0 atom stereocenters. The highest BCUT2D eigenvalue weighted by atomic mass is 19.1. The SMILES string of the molecule is Cc1cc2cc(-c3cc(-c4ccc(N5CCN(CC6CC6)CC5)cc4)c(F)nc3N)cc(F)c2c(=O)[nH]1. The first-order chi connectivity index (χ1) is 17.9. The molecule has 0 unspecified atom stereocenters. The van der Waals surface area contributed by atoms with Crippen LogP contribution in [0.25, 0.3) is 33.0 Å². The number of nitrogens with two attached hydrogens (primary N) is 1. The summed E-state index contributed by atoms with van der Waals surface area (Å²) in [7, 11) is 0. The van der Waals surface area contributed by atoms with Crippen LogP contribution in [-0.4, -0.2) is 47.6 Å². The van der Waals surface area contributed by atoms with Crippen molar-refractivity contribution in [2.24, 2.45) is 5.92 Å². The predicted molar refractivity (Wildman–Crippen MR) is 144 cm³/mol. The molecule has 1 aliphatic heterocycles. The Morgan fingerprint density at radius 3 is 2.41 bits per heavy atom. The number of anilines is 2. The largest absolute Gasteiger partial charge is 0.383 e. The molecule has 0 bridgehead atoms. The number of nitrogens with one attached hydrogen (secondary N) is 1. The number of H-pyrrole nitrogens is 1. The number of fused-ring (bicyclic) bond motifs is 1. The minimum Gasteiger partial charge on any atom is -0.383 e. The Morgan fingerprint density at radius 2 is 1.70 bits per heavy atom. The number of nitrogens with zero attached hydrogens (tertiary/aromatic N) is 3. The van der Waals surface area contributed by atoms with Gasteiger partial charge in [0.25, 0.3) is 5.56 Å². The summed E-state index contributed by atoms with van der Waals surface area (Å²) in [4.78, 5) is 23.7. The van der Waals surface area contributed by atoms with Gasteiger partial charge in [0.15, 0.2) is 0 Å².